The summed E-state index contributed by atoms with van der Waals surface area (Å²) in [5.41, 5.74) is 8.64. The molecule has 1 aromatic carbocycles. The SMILES string of the molecule is Cc1ccc(N)cc1N1CCS(=O)(=O)CC1. The molecule has 2 rings (SSSR count). The monoisotopic (exact) mass is 240 g/mol. The van der Waals surface area contributed by atoms with Crippen LogP contribution in [0.4, 0.5) is 11.4 Å². The Morgan fingerprint density at radius 3 is 2.50 bits per heavy atom. The number of benzene rings is 1. The van der Waals surface area contributed by atoms with E-state index in [1.54, 1.807) is 0 Å². The number of sulfone groups is 1. The first-order valence-electron chi connectivity index (χ1n) is 5.29. The number of hydrogen-bond acceptors (Lipinski definition) is 4. The third kappa shape index (κ3) is 2.29. The van der Waals surface area contributed by atoms with E-state index in [0.29, 0.717) is 18.8 Å². The summed E-state index contributed by atoms with van der Waals surface area (Å²) in [6, 6.07) is 5.74. The van der Waals surface area contributed by atoms with Crippen LogP contribution in [0, 0.1) is 6.92 Å². The standard InChI is InChI=1S/C11H16N2O2S/c1-9-2-3-10(12)8-11(9)13-4-6-16(14,15)7-5-13/h2-3,8H,4-7,12H2,1H3. The number of nitrogen functional groups attached to an aromatic ring is 1. The van der Waals surface area contributed by atoms with Gasteiger partial charge in [-0.2, -0.15) is 0 Å². The number of hydrogen-bond donors (Lipinski definition) is 1. The molecule has 2 N–H and O–H groups in total. The van der Waals surface area contributed by atoms with Crippen molar-refractivity contribution in [1.82, 2.24) is 0 Å². The Balaban J connectivity index is 2.23. The Kier molecular flexibility index (Phi) is 2.80. The largest absolute Gasteiger partial charge is 0.399 e. The van der Waals surface area contributed by atoms with E-state index in [9.17, 15) is 8.42 Å². The molecule has 0 aromatic heterocycles. The summed E-state index contributed by atoms with van der Waals surface area (Å²) in [5, 5.41) is 0. The van der Waals surface area contributed by atoms with E-state index in [0.717, 1.165) is 11.3 Å². The Morgan fingerprint density at radius 1 is 1.25 bits per heavy atom. The van der Waals surface area contributed by atoms with E-state index in [1.165, 1.54) is 0 Å². The molecule has 4 nitrogen and oxygen atoms in total. The predicted octanol–water partition coefficient (Wildman–Crippen LogP) is 0.812. The lowest BCUT2D eigenvalue weighted by molar-refractivity contribution is 0.586. The maximum absolute atomic E-state index is 11.3. The lowest BCUT2D eigenvalue weighted by Crippen LogP contribution is -2.40. The zero-order valence-corrected chi connectivity index (χ0v) is 10.1. The molecule has 16 heavy (non-hydrogen) atoms. The minimum absolute atomic E-state index is 0.237. The van der Waals surface area contributed by atoms with E-state index < -0.39 is 9.84 Å². The summed E-state index contributed by atoms with van der Waals surface area (Å²) in [5.74, 6) is 0.475. The highest BCUT2D eigenvalue weighted by Gasteiger charge is 2.22. The Morgan fingerprint density at radius 2 is 1.88 bits per heavy atom. The summed E-state index contributed by atoms with van der Waals surface area (Å²) in [6.45, 7) is 3.14. The van der Waals surface area contributed by atoms with Gasteiger partial charge in [0, 0.05) is 24.5 Å². The van der Waals surface area contributed by atoms with Crippen molar-refractivity contribution in [1.29, 1.82) is 0 Å². The second kappa shape index (κ2) is 3.97. The van der Waals surface area contributed by atoms with Gasteiger partial charge in [0.15, 0.2) is 9.84 Å². The van der Waals surface area contributed by atoms with Gasteiger partial charge in [-0.25, -0.2) is 8.42 Å². The molecule has 1 fully saturated rings. The van der Waals surface area contributed by atoms with Crippen molar-refractivity contribution < 1.29 is 8.42 Å². The van der Waals surface area contributed by atoms with Gasteiger partial charge in [0.1, 0.15) is 0 Å². The molecule has 5 heteroatoms. The van der Waals surface area contributed by atoms with Gasteiger partial charge in [-0.3, -0.25) is 0 Å². The van der Waals surface area contributed by atoms with E-state index in [1.807, 2.05) is 25.1 Å². The average Bonchev–Trinajstić information content (AvgIpc) is 2.22. The van der Waals surface area contributed by atoms with E-state index in [-0.39, 0.29) is 11.5 Å². The van der Waals surface area contributed by atoms with Gasteiger partial charge in [0.2, 0.25) is 0 Å². The molecule has 0 bridgehead atoms. The van der Waals surface area contributed by atoms with Crippen molar-refractivity contribution in [2.75, 3.05) is 35.2 Å². The Labute approximate surface area is 96.0 Å². The Bertz CT molecular complexity index is 483. The van der Waals surface area contributed by atoms with Crippen LogP contribution in [0.25, 0.3) is 0 Å². The van der Waals surface area contributed by atoms with Gasteiger partial charge in [-0.15, -0.1) is 0 Å². The second-order valence-electron chi connectivity index (χ2n) is 4.18. The summed E-state index contributed by atoms with van der Waals surface area (Å²) < 4.78 is 22.7. The van der Waals surface area contributed by atoms with Crippen molar-refractivity contribution in [3.8, 4) is 0 Å². The zero-order valence-electron chi connectivity index (χ0n) is 9.31. The number of aryl methyl sites for hydroxylation is 1. The van der Waals surface area contributed by atoms with Crippen LogP contribution in [-0.2, 0) is 9.84 Å². The first kappa shape index (κ1) is 11.3. The van der Waals surface area contributed by atoms with Gasteiger partial charge in [0.25, 0.3) is 0 Å². The molecule has 0 saturated carbocycles. The molecule has 1 heterocycles. The molecular weight excluding hydrogens is 224 g/mol. The first-order chi connectivity index (χ1) is 7.48. The van der Waals surface area contributed by atoms with Crippen LogP contribution in [0.5, 0.6) is 0 Å². The van der Waals surface area contributed by atoms with Crippen LogP contribution in [0.2, 0.25) is 0 Å². The van der Waals surface area contributed by atoms with E-state index >= 15 is 0 Å². The van der Waals surface area contributed by atoms with Crippen molar-refractivity contribution in [2.24, 2.45) is 0 Å². The maximum Gasteiger partial charge on any atom is 0.153 e. The third-order valence-electron chi connectivity index (χ3n) is 2.92. The van der Waals surface area contributed by atoms with E-state index in [4.69, 9.17) is 5.73 Å². The molecule has 1 aliphatic heterocycles. The highest BCUT2D eigenvalue weighted by atomic mass is 32.2. The fourth-order valence-electron chi connectivity index (χ4n) is 1.92. The summed E-state index contributed by atoms with van der Waals surface area (Å²) in [7, 11) is -2.82. The minimum atomic E-state index is -2.82. The van der Waals surface area contributed by atoms with Gasteiger partial charge in [0.05, 0.1) is 11.5 Å². The topological polar surface area (TPSA) is 63.4 Å². The highest BCUT2D eigenvalue weighted by molar-refractivity contribution is 7.91. The molecule has 88 valence electrons. The zero-order chi connectivity index (χ0) is 11.8. The normalized spacial score (nSPS) is 19.7. The lowest BCUT2D eigenvalue weighted by atomic mass is 10.1. The van der Waals surface area contributed by atoms with E-state index in [2.05, 4.69) is 4.90 Å². The number of nitrogens with two attached hydrogens (primary N) is 1. The number of anilines is 2. The molecule has 0 radical (unpaired) electrons. The predicted molar refractivity (Wildman–Crippen MR) is 66.5 cm³/mol. The number of rotatable bonds is 1. The highest BCUT2D eigenvalue weighted by Crippen LogP contribution is 2.24. The van der Waals surface area contributed by atoms with Crippen molar-refractivity contribution >= 4 is 21.2 Å². The molecule has 0 atom stereocenters. The van der Waals surface area contributed by atoms with Crippen LogP contribution in [0.15, 0.2) is 18.2 Å². The fourth-order valence-corrected chi connectivity index (χ4v) is 3.12. The molecule has 0 amide bonds. The number of nitrogens with zero attached hydrogens (tertiary/aromatic N) is 1. The summed E-state index contributed by atoms with van der Waals surface area (Å²) in [4.78, 5) is 2.09. The van der Waals surface area contributed by atoms with Crippen molar-refractivity contribution in [3.05, 3.63) is 23.8 Å². The summed E-state index contributed by atoms with van der Waals surface area (Å²) in [6.07, 6.45) is 0. The van der Waals surface area contributed by atoms with Gasteiger partial charge in [-0.1, -0.05) is 6.07 Å². The van der Waals surface area contributed by atoms with Crippen molar-refractivity contribution in [3.63, 3.8) is 0 Å². The molecule has 0 unspecified atom stereocenters. The van der Waals surface area contributed by atoms with Gasteiger partial charge >= 0.3 is 0 Å². The van der Waals surface area contributed by atoms with Crippen LogP contribution in [0.1, 0.15) is 5.56 Å². The molecule has 0 spiro atoms. The van der Waals surface area contributed by atoms with Crippen LogP contribution < -0.4 is 10.6 Å². The Hall–Kier alpha value is -1.23. The second-order valence-corrected chi connectivity index (χ2v) is 6.49. The quantitative estimate of drug-likeness (QED) is 0.738. The third-order valence-corrected chi connectivity index (χ3v) is 4.53. The van der Waals surface area contributed by atoms with Gasteiger partial charge < -0.3 is 10.6 Å². The fraction of sp³-hybridized carbons (Fsp3) is 0.455. The summed E-state index contributed by atoms with van der Waals surface area (Å²) >= 11 is 0. The van der Waals surface area contributed by atoms with Gasteiger partial charge in [-0.05, 0) is 24.6 Å². The first-order valence-corrected chi connectivity index (χ1v) is 7.11. The molecule has 1 aliphatic rings. The van der Waals surface area contributed by atoms with Crippen LogP contribution in [-0.4, -0.2) is 33.0 Å². The van der Waals surface area contributed by atoms with Crippen LogP contribution in [0.3, 0.4) is 0 Å². The molecule has 1 saturated heterocycles. The molecular formula is C11H16N2O2S. The maximum atomic E-state index is 11.3. The molecule has 0 aliphatic carbocycles. The minimum Gasteiger partial charge on any atom is -0.399 e. The average molecular weight is 240 g/mol. The van der Waals surface area contributed by atoms with Crippen LogP contribution >= 0.6 is 0 Å². The lowest BCUT2D eigenvalue weighted by Gasteiger charge is -2.30. The smallest absolute Gasteiger partial charge is 0.153 e. The molecule has 1 aromatic rings. The van der Waals surface area contributed by atoms with Crippen molar-refractivity contribution in [2.45, 2.75) is 6.92 Å².